The van der Waals surface area contributed by atoms with E-state index in [0.717, 1.165) is 16.6 Å². The Morgan fingerprint density at radius 2 is 2.00 bits per heavy atom. The molecule has 3 rings (SSSR count). The monoisotopic (exact) mass is 345 g/mol. The van der Waals surface area contributed by atoms with Gasteiger partial charge in [0.1, 0.15) is 5.75 Å². The second-order valence-corrected chi connectivity index (χ2v) is 6.38. The molecule has 21 heavy (non-hydrogen) atoms. The van der Waals surface area contributed by atoms with E-state index in [0.29, 0.717) is 6.10 Å². The topological polar surface area (TPSA) is 21.3 Å². The van der Waals surface area contributed by atoms with Crippen molar-refractivity contribution in [1.29, 1.82) is 0 Å². The average Bonchev–Trinajstić information content (AvgIpc) is 3.31. The van der Waals surface area contributed by atoms with Crippen molar-refractivity contribution in [1.82, 2.24) is 5.32 Å². The molecule has 0 aliphatic heterocycles. The van der Waals surface area contributed by atoms with Crippen LogP contribution in [0.2, 0.25) is 0 Å². The van der Waals surface area contributed by atoms with Crippen LogP contribution in [0.5, 0.6) is 5.75 Å². The van der Waals surface area contributed by atoms with Crippen molar-refractivity contribution >= 4 is 15.9 Å². The van der Waals surface area contributed by atoms with E-state index in [2.05, 4.69) is 57.6 Å². The lowest BCUT2D eigenvalue weighted by atomic mass is 9.99. The number of hydrogen-bond donors (Lipinski definition) is 1. The van der Waals surface area contributed by atoms with E-state index >= 15 is 0 Å². The Bertz CT molecular complexity index is 610. The van der Waals surface area contributed by atoms with E-state index < -0.39 is 0 Å². The second-order valence-electron chi connectivity index (χ2n) is 5.53. The van der Waals surface area contributed by atoms with Crippen molar-refractivity contribution < 1.29 is 4.74 Å². The molecule has 0 bridgehead atoms. The van der Waals surface area contributed by atoms with E-state index in [-0.39, 0.29) is 6.04 Å². The summed E-state index contributed by atoms with van der Waals surface area (Å²) < 4.78 is 7.06. The standard InChI is InChI=1S/C18H20BrNO/c1-20-18(12-13-5-2-3-8-17(13)19)14-6-4-7-16(11-14)21-15-9-10-15/h2-8,11,15,18,20H,9-10,12H2,1H3. The van der Waals surface area contributed by atoms with Crippen LogP contribution in [0.15, 0.2) is 53.0 Å². The van der Waals surface area contributed by atoms with Gasteiger partial charge in [0.05, 0.1) is 6.10 Å². The minimum Gasteiger partial charge on any atom is -0.490 e. The highest BCUT2D eigenvalue weighted by Gasteiger charge is 2.23. The molecule has 0 saturated heterocycles. The van der Waals surface area contributed by atoms with Crippen LogP contribution in [0.1, 0.15) is 30.0 Å². The molecule has 0 radical (unpaired) electrons. The Balaban J connectivity index is 1.77. The predicted molar refractivity (Wildman–Crippen MR) is 89.7 cm³/mol. The third-order valence-corrected chi connectivity index (χ3v) is 4.59. The van der Waals surface area contributed by atoms with Crippen LogP contribution in [-0.2, 0) is 6.42 Å². The smallest absolute Gasteiger partial charge is 0.120 e. The summed E-state index contributed by atoms with van der Waals surface area (Å²) in [6.45, 7) is 0. The molecular weight excluding hydrogens is 326 g/mol. The molecule has 1 aliphatic carbocycles. The SMILES string of the molecule is CNC(Cc1ccccc1Br)c1cccc(OC2CC2)c1. The lowest BCUT2D eigenvalue weighted by Crippen LogP contribution is -2.19. The summed E-state index contributed by atoms with van der Waals surface area (Å²) in [5.74, 6) is 0.988. The maximum absolute atomic E-state index is 5.90. The van der Waals surface area contributed by atoms with Crippen LogP contribution in [0.4, 0.5) is 0 Å². The van der Waals surface area contributed by atoms with Crippen molar-refractivity contribution in [3.05, 3.63) is 64.1 Å². The lowest BCUT2D eigenvalue weighted by molar-refractivity contribution is 0.302. The number of rotatable bonds is 6. The van der Waals surface area contributed by atoms with Gasteiger partial charge in [0.2, 0.25) is 0 Å². The van der Waals surface area contributed by atoms with Gasteiger partial charge in [0.25, 0.3) is 0 Å². The molecule has 2 aromatic rings. The summed E-state index contributed by atoms with van der Waals surface area (Å²) in [6.07, 6.45) is 3.77. The Hall–Kier alpha value is -1.32. The zero-order valence-electron chi connectivity index (χ0n) is 12.2. The van der Waals surface area contributed by atoms with Gasteiger partial charge in [-0.15, -0.1) is 0 Å². The number of nitrogens with one attached hydrogen (secondary N) is 1. The minimum absolute atomic E-state index is 0.284. The molecular formula is C18H20BrNO. The van der Waals surface area contributed by atoms with Gasteiger partial charge in [0.15, 0.2) is 0 Å². The number of hydrogen-bond acceptors (Lipinski definition) is 2. The zero-order valence-corrected chi connectivity index (χ0v) is 13.8. The van der Waals surface area contributed by atoms with Gasteiger partial charge in [-0.1, -0.05) is 46.3 Å². The molecule has 0 aromatic heterocycles. The molecule has 1 aliphatic rings. The van der Waals surface area contributed by atoms with E-state index in [1.807, 2.05) is 19.2 Å². The number of halogens is 1. The van der Waals surface area contributed by atoms with Crippen molar-refractivity contribution in [3.63, 3.8) is 0 Å². The number of ether oxygens (including phenoxy) is 1. The molecule has 0 heterocycles. The lowest BCUT2D eigenvalue weighted by Gasteiger charge is -2.18. The predicted octanol–water partition coefficient (Wildman–Crippen LogP) is 4.49. The zero-order chi connectivity index (χ0) is 14.7. The van der Waals surface area contributed by atoms with Crippen LogP contribution < -0.4 is 10.1 Å². The first kappa shape index (κ1) is 14.6. The van der Waals surface area contributed by atoms with Gasteiger partial charge in [-0.05, 0) is 55.6 Å². The van der Waals surface area contributed by atoms with Gasteiger partial charge in [-0.3, -0.25) is 0 Å². The summed E-state index contributed by atoms with van der Waals surface area (Å²) >= 11 is 3.63. The molecule has 3 heteroatoms. The average molecular weight is 346 g/mol. The third-order valence-electron chi connectivity index (χ3n) is 3.82. The van der Waals surface area contributed by atoms with E-state index in [9.17, 15) is 0 Å². The largest absolute Gasteiger partial charge is 0.490 e. The van der Waals surface area contributed by atoms with Gasteiger partial charge in [-0.25, -0.2) is 0 Å². The fraction of sp³-hybridized carbons (Fsp3) is 0.333. The molecule has 1 fully saturated rings. The van der Waals surface area contributed by atoms with Gasteiger partial charge in [0, 0.05) is 10.5 Å². The second kappa shape index (κ2) is 6.63. The first-order valence-electron chi connectivity index (χ1n) is 7.43. The highest BCUT2D eigenvalue weighted by molar-refractivity contribution is 9.10. The summed E-state index contributed by atoms with van der Waals surface area (Å²) in [7, 11) is 2.01. The fourth-order valence-corrected chi connectivity index (χ4v) is 2.90. The molecule has 1 unspecified atom stereocenters. The quantitative estimate of drug-likeness (QED) is 0.832. The van der Waals surface area contributed by atoms with Crippen LogP contribution >= 0.6 is 15.9 Å². The van der Waals surface area contributed by atoms with Crippen molar-refractivity contribution in [3.8, 4) is 5.75 Å². The molecule has 1 N–H and O–H groups in total. The molecule has 1 saturated carbocycles. The van der Waals surface area contributed by atoms with Crippen LogP contribution in [0, 0.1) is 0 Å². The summed E-state index contributed by atoms with van der Waals surface area (Å²) in [4.78, 5) is 0. The van der Waals surface area contributed by atoms with Crippen molar-refractivity contribution in [2.75, 3.05) is 7.05 Å². The summed E-state index contributed by atoms with van der Waals surface area (Å²) in [6, 6.07) is 17.1. The molecule has 110 valence electrons. The maximum Gasteiger partial charge on any atom is 0.120 e. The van der Waals surface area contributed by atoms with Crippen LogP contribution in [-0.4, -0.2) is 13.2 Å². The first-order chi connectivity index (χ1) is 10.3. The van der Waals surface area contributed by atoms with Crippen LogP contribution in [0.3, 0.4) is 0 Å². The van der Waals surface area contributed by atoms with Crippen molar-refractivity contribution in [2.24, 2.45) is 0 Å². The molecule has 0 spiro atoms. The Kier molecular flexibility index (Phi) is 4.61. The molecule has 2 nitrogen and oxygen atoms in total. The Labute approximate surface area is 134 Å². The Morgan fingerprint density at radius 3 is 2.71 bits per heavy atom. The fourth-order valence-electron chi connectivity index (χ4n) is 2.45. The molecule has 0 amide bonds. The van der Waals surface area contributed by atoms with Gasteiger partial charge < -0.3 is 10.1 Å². The maximum atomic E-state index is 5.90. The van der Waals surface area contributed by atoms with E-state index in [1.165, 1.54) is 24.0 Å². The van der Waals surface area contributed by atoms with Crippen LogP contribution in [0.25, 0.3) is 0 Å². The highest BCUT2D eigenvalue weighted by Crippen LogP contribution is 2.29. The molecule has 1 atom stereocenters. The number of likely N-dealkylation sites (N-methyl/N-ethyl adjacent to an activating group) is 1. The summed E-state index contributed by atoms with van der Waals surface area (Å²) in [5.41, 5.74) is 2.58. The normalized spacial score (nSPS) is 15.7. The minimum atomic E-state index is 0.284. The number of benzene rings is 2. The summed E-state index contributed by atoms with van der Waals surface area (Å²) in [5, 5.41) is 3.41. The van der Waals surface area contributed by atoms with Crippen molar-refractivity contribution in [2.45, 2.75) is 31.4 Å². The third kappa shape index (κ3) is 3.86. The Morgan fingerprint density at radius 1 is 1.19 bits per heavy atom. The molecule has 2 aromatic carbocycles. The van der Waals surface area contributed by atoms with Gasteiger partial charge >= 0.3 is 0 Å². The highest BCUT2D eigenvalue weighted by atomic mass is 79.9. The van der Waals surface area contributed by atoms with E-state index in [1.54, 1.807) is 0 Å². The van der Waals surface area contributed by atoms with Gasteiger partial charge in [-0.2, -0.15) is 0 Å². The van der Waals surface area contributed by atoms with E-state index in [4.69, 9.17) is 4.74 Å². The first-order valence-corrected chi connectivity index (χ1v) is 8.23.